The van der Waals surface area contributed by atoms with Crippen molar-refractivity contribution in [1.29, 1.82) is 0 Å². The molecular formula is C20H22N4O4. The number of hydrogen-bond donors (Lipinski definition) is 0. The second kappa shape index (κ2) is 9.09. The Kier molecular flexibility index (Phi) is 6.33. The van der Waals surface area contributed by atoms with Crippen molar-refractivity contribution >= 4 is 23.4 Å². The third-order valence-corrected chi connectivity index (χ3v) is 4.63. The second-order valence-electron chi connectivity index (χ2n) is 6.45. The van der Waals surface area contributed by atoms with Gasteiger partial charge in [0, 0.05) is 51.1 Å². The first kappa shape index (κ1) is 19.5. The Morgan fingerprint density at radius 3 is 2.68 bits per heavy atom. The van der Waals surface area contributed by atoms with E-state index in [1.165, 1.54) is 25.3 Å². The smallest absolute Gasteiger partial charge is 0.330 e. The van der Waals surface area contributed by atoms with Crippen molar-refractivity contribution in [3.05, 3.63) is 70.0 Å². The number of rotatable bonds is 6. The van der Waals surface area contributed by atoms with Crippen LogP contribution in [0.4, 0.5) is 11.4 Å². The number of benzene rings is 1. The van der Waals surface area contributed by atoms with Crippen molar-refractivity contribution in [2.45, 2.75) is 6.54 Å². The van der Waals surface area contributed by atoms with E-state index in [-0.39, 0.29) is 10.6 Å². The van der Waals surface area contributed by atoms with Crippen LogP contribution >= 0.6 is 0 Å². The van der Waals surface area contributed by atoms with E-state index in [0.717, 1.165) is 25.3 Å². The fourth-order valence-electron chi connectivity index (χ4n) is 3.16. The standard InChI is InChI=1S/C20H22N4O4/c1-28-20(25)8-6-16-5-7-18(19(14-16)24(26)27)23-12-10-22(11-13-23)15-17-4-2-3-9-21-17/h2-9,14H,10-13,15H2,1H3/b8-6+. The van der Waals surface area contributed by atoms with Crippen LogP contribution in [0.3, 0.4) is 0 Å². The fraction of sp³-hybridized carbons (Fsp3) is 0.300. The molecule has 1 saturated heterocycles. The molecule has 8 heteroatoms. The summed E-state index contributed by atoms with van der Waals surface area (Å²) in [5.74, 6) is -0.504. The van der Waals surface area contributed by atoms with Gasteiger partial charge in [0.15, 0.2) is 0 Å². The predicted molar refractivity (Wildman–Crippen MR) is 106 cm³/mol. The zero-order valence-electron chi connectivity index (χ0n) is 15.7. The molecule has 1 aromatic heterocycles. The van der Waals surface area contributed by atoms with Gasteiger partial charge in [-0.3, -0.25) is 20.0 Å². The Morgan fingerprint density at radius 1 is 1.25 bits per heavy atom. The number of hydrogen-bond acceptors (Lipinski definition) is 7. The first-order valence-corrected chi connectivity index (χ1v) is 8.98. The Hall–Kier alpha value is -3.26. The second-order valence-corrected chi connectivity index (χ2v) is 6.45. The van der Waals surface area contributed by atoms with E-state index in [1.807, 2.05) is 23.1 Å². The highest BCUT2D eigenvalue weighted by Crippen LogP contribution is 2.30. The molecule has 0 amide bonds. The number of anilines is 1. The van der Waals surface area contributed by atoms with E-state index in [4.69, 9.17) is 0 Å². The molecule has 8 nitrogen and oxygen atoms in total. The lowest BCUT2D eigenvalue weighted by Crippen LogP contribution is -2.46. The van der Waals surface area contributed by atoms with Gasteiger partial charge < -0.3 is 9.64 Å². The summed E-state index contributed by atoms with van der Waals surface area (Å²) in [5.41, 5.74) is 2.22. The number of carbonyl (C=O) groups is 1. The van der Waals surface area contributed by atoms with Crippen molar-refractivity contribution in [2.75, 3.05) is 38.2 Å². The predicted octanol–water partition coefficient (Wildman–Crippen LogP) is 2.50. The van der Waals surface area contributed by atoms with Gasteiger partial charge in [0.25, 0.3) is 5.69 Å². The van der Waals surface area contributed by atoms with Gasteiger partial charge >= 0.3 is 5.97 Å². The minimum atomic E-state index is -0.504. The third-order valence-electron chi connectivity index (χ3n) is 4.63. The number of esters is 1. The maximum atomic E-state index is 11.6. The van der Waals surface area contributed by atoms with Crippen molar-refractivity contribution in [2.24, 2.45) is 0 Å². The van der Waals surface area contributed by atoms with E-state index < -0.39 is 5.97 Å². The highest BCUT2D eigenvalue weighted by molar-refractivity contribution is 5.87. The molecule has 0 radical (unpaired) electrons. The Labute approximate surface area is 163 Å². The summed E-state index contributed by atoms with van der Waals surface area (Å²) in [6.07, 6.45) is 4.54. The summed E-state index contributed by atoms with van der Waals surface area (Å²) >= 11 is 0. The number of carbonyl (C=O) groups excluding carboxylic acids is 1. The van der Waals surface area contributed by atoms with Crippen LogP contribution in [0, 0.1) is 10.1 Å². The van der Waals surface area contributed by atoms with E-state index in [1.54, 1.807) is 18.3 Å². The number of nitro groups is 1. The summed E-state index contributed by atoms with van der Waals surface area (Å²) in [4.78, 5) is 31.1. The molecule has 3 rings (SSSR count). The van der Waals surface area contributed by atoms with Gasteiger partial charge in [-0.1, -0.05) is 12.1 Å². The number of piperazine rings is 1. The van der Waals surface area contributed by atoms with Crippen LogP contribution in [0.5, 0.6) is 0 Å². The van der Waals surface area contributed by atoms with Crippen molar-refractivity contribution in [3.8, 4) is 0 Å². The molecule has 1 fully saturated rings. The quantitative estimate of drug-likeness (QED) is 0.328. The lowest BCUT2D eigenvalue weighted by molar-refractivity contribution is -0.384. The van der Waals surface area contributed by atoms with Gasteiger partial charge in [-0.15, -0.1) is 0 Å². The molecule has 1 aromatic carbocycles. The number of nitro benzene ring substituents is 1. The van der Waals surface area contributed by atoms with Crippen LogP contribution in [-0.4, -0.2) is 54.1 Å². The van der Waals surface area contributed by atoms with Crippen LogP contribution in [0.2, 0.25) is 0 Å². The SMILES string of the molecule is COC(=O)/C=C/c1ccc(N2CCN(Cc3ccccn3)CC2)c([N+](=O)[O-])c1. The van der Waals surface area contributed by atoms with Crippen molar-refractivity contribution in [3.63, 3.8) is 0 Å². The molecule has 0 aliphatic carbocycles. The minimum Gasteiger partial charge on any atom is -0.466 e. The normalized spacial score (nSPS) is 15.0. The Bertz CT molecular complexity index is 862. The number of methoxy groups -OCH3 is 1. The molecule has 28 heavy (non-hydrogen) atoms. The summed E-state index contributed by atoms with van der Waals surface area (Å²) in [6.45, 7) is 3.78. The molecule has 0 unspecified atom stereocenters. The molecular weight excluding hydrogens is 360 g/mol. The molecule has 1 aliphatic rings. The van der Waals surface area contributed by atoms with E-state index in [0.29, 0.717) is 24.3 Å². The number of nitrogens with zero attached hydrogens (tertiary/aromatic N) is 4. The molecule has 0 atom stereocenters. The van der Waals surface area contributed by atoms with Crippen LogP contribution in [0.1, 0.15) is 11.3 Å². The molecule has 1 aliphatic heterocycles. The number of pyridine rings is 1. The van der Waals surface area contributed by atoms with Crippen LogP contribution in [-0.2, 0) is 16.1 Å². The van der Waals surface area contributed by atoms with E-state index in [9.17, 15) is 14.9 Å². The topological polar surface area (TPSA) is 88.8 Å². The molecule has 0 N–H and O–H groups in total. The summed E-state index contributed by atoms with van der Waals surface area (Å²) in [5, 5.41) is 11.6. The lowest BCUT2D eigenvalue weighted by atomic mass is 10.1. The number of aromatic nitrogens is 1. The average molecular weight is 382 g/mol. The van der Waals surface area contributed by atoms with Gasteiger partial charge in [0.05, 0.1) is 17.7 Å². The molecule has 2 aromatic rings. The molecule has 0 spiro atoms. The largest absolute Gasteiger partial charge is 0.466 e. The fourth-order valence-corrected chi connectivity index (χ4v) is 3.16. The first-order valence-electron chi connectivity index (χ1n) is 8.98. The van der Waals surface area contributed by atoms with Gasteiger partial charge in [-0.25, -0.2) is 4.79 Å². The summed E-state index contributed by atoms with van der Waals surface area (Å²) < 4.78 is 4.54. The molecule has 0 bridgehead atoms. The van der Waals surface area contributed by atoms with Gasteiger partial charge in [-0.05, 0) is 29.8 Å². The van der Waals surface area contributed by atoms with Crippen LogP contribution in [0.15, 0.2) is 48.7 Å². The molecule has 146 valence electrons. The maximum Gasteiger partial charge on any atom is 0.330 e. The zero-order chi connectivity index (χ0) is 19.9. The molecule has 0 saturated carbocycles. The van der Waals surface area contributed by atoms with Crippen molar-refractivity contribution < 1.29 is 14.5 Å². The van der Waals surface area contributed by atoms with E-state index in [2.05, 4.69) is 14.6 Å². The Balaban J connectivity index is 1.69. The van der Waals surface area contributed by atoms with Crippen LogP contribution < -0.4 is 4.90 Å². The minimum absolute atomic E-state index is 0.0326. The highest BCUT2D eigenvalue weighted by Gasteiger charge is 2.24. The van der Waals surface area contributed by atoms with Crippen LogP contribution in [0.25, 0.3) is 6.08 Å². The van der Waals surface area contributed by atoms with E-state index >= 15 is 0 Å². The van der Waals surface area contributed by atoms with Gasteiger partial charge in [0.2, 0.25) is 0 Å². The monoisotopic (exact) mass is 382 g/mol. The molecule has 2 heterocycles. The third kappa shape index (κ3) is 4.92. The lowest BCUT2D eigenvalue weighted by Gasteiger charge is -2.35. The van der Waals surface area contributed by atoms with Gasteiger partial charge in [0.1, 0.15) is 5.69 Å². The van der Waals surface area contributed by atoms with Crippen molar-refractivity contribution in [1.82, 2.24) is 9.88 Å². The average Bonchev–Trinajstić information content (AvgIpc) is 2.73. The summed E-state index contributed by atoms with van der Waals surface area (Å²) in [7, 11) is 1.28. The zero-order valence-corrected chi connectivity index (χ0v) is 15.7. The highest BCUT2D eigenvalue weighted by atomic mass is 16.6. The first-order chi connectivity index (χ1) is 13.6. The number of ether oxygens (including phenoxy) is 1. The Morgan fingerprint density at radius 2 is 2.04 bits per heavy atom. The maximum absolute atomic E-state index is 11.6. The van der Waals surface area contributed by atoms with Gasteiger partial charge in [-0.2, -0.15) is 0 Å². The summed E-state index contributed by atoms with van der Waals surface area (Å²) in [6, 6.07) is 10.8.